The molecule has 2 aromatic rings. The molecule has 0 fully saturated rings. The summed E-state index contributed by atoms with van der Waals surface area (Å²) in [7, 11) is 1.52. The predicted molar refractivity (Wildman–Crippen MR) is 79.1 cm³/mol. The number of hydrogen-bond acceptors (Lipinski definition) is 5. The lowest BCUT2D eigenvalue weighted by atomic mass is 10.2. The summed E-state index contributed by atoms with van der Waals surface area (Å²) in [6, 6.07) is 3.40. The molecule has 0 atom stereocenters. The number of methoxy groups -OCH3 is 1. The second-order valence-corrected chi connectivity index (χ2v) is 4.96. The number of hydrogen-bond donors (Lipinski definition) is 1. The number of rotatable bonds is 4. The standard InChI is InChI=1S/C12H13IN4O2/c1-3-4-7-10(13)12(18)15-11(14-7)8-5-6-9(19-2)17-16-8/h5-6H,3-4H2,1-2H3,(H,14,15,18). The fourth-order valence-electron chi connectivity index (χ4n) is 1.58. The summed E-state index contributed by atoms with van der Waals surface area (Å²) >= 11 is 2.01. The molecule has 0 unspecified atom stereocenters. The van der Waals surface area contributed by atoms with Crippen LogP contribution in [0, 0.1) is 3.57 Å². The molecule has 7 heteroatoms. The summed E-state index contributed by atoms with van der Waals surface area (Å²) < 4.78 is 5.57. The van der Waals surface area contributed by atoms with Crippen LogP contribution in [-0.4, -0.2) is 27.3 Å². The van der Waals surface area contributed by atoms with Gasteiger partial charge in [-0.2, -0.15) is 0 Å². The van der Waals surface area contributed by atoms with Gasteiger partial charge in [0.2, 0.25) is 5.88 Å². The first-order valence-electron chi connectivity index (χ1n) is 5.82. The largest absolute Gasteiger partial charge is 0.480 e. The zero-order valence-corrected chi connectivity index (χ0v) is 12.8. The van der Waals surface area contributed by atoms with Crippen molar-refractivity contribution in [3.05, 3.63) is 31.8 Å². The molecule has 2 heterocycles. The maximum absolute atomic E-state index is 11.9. The van der Waals surface area contributed by atoms with Crippen LogP contribution in [0.2, 0.25) is 0 Å². The molecule has 1 N–H and O–H groups in total. The number of H-pyrrole nitrogens is 1. The van der Waals surface area contributed by atoms with Crippen molar-refractivity contribution in [2.24, 2.45) is 0 Å². The van der Waals surface area contributed by atoms with Crippen molar-refractivity contribution >= 4 is 22.6 Å². The zero-order chi connectivity index (χ0) is 13.8. The highest BCUT2D eigenvalue weighted by Gasteiger charge is 2.11. The minimum absolute atomic E-state index is 0.147. The number of aromatic amines is 1. The number of aryl methyl sites for hydroxylation is 1. The van der Waals surface area contributed by atoms with Gasteiger partial charge in [-0.05, 0) is 35.1 Å². The molecule has 0 aliphatic carbocycles. The van der Waals surface area contributed by atoms with Gasteiger partial charge in [0.1, 0.15) is 5.69 Å². The Bertz CT molecular complexity index is 625. The third-order valence-electron chi connectivity index (χ3n) is 2.51. The van der Waals surface area contributed by atoms with Gasteiger partial charge in [-0.15, -0.1) is 10.2 Å². The average molecular weight is 372 g/mol. The molecule has 19 heavy (non-hydrogen) atoms. The second-order valence-electron chi connectivity index (χ2n) is 3.89. The van der Waals surface area contributed by atoms with E-state index in [1.165, 1.54) is 7.11 Å². The second kappa shape index (κ2) is 6.09. The minimum atomic E-state index is -0.147. The average Bonchev–Trinajstić information content (AvgIpc) is 2.44. The normalized spacial score (nSPS) is 10.5. The van der Waals surface area contributed by atoms with Crippen LogP contribution in [0.5, 0.6) is 5.88 Å². The van der Waals surface area contributed by atoms with Crippen LogP contribution in [0.25, 0.3) is 11.5 Å². The Morgan fingerprint density at radius 2 is 2.16 bits per heavy atom. The summed E-state index contributed by atoms with van der Waals surface area (Å²) in [5.74, 6) is 0.856. The van der Waals surface area contributed by atoms with Crippen LogP contribution in [0.15, 0.2) is 16.9 Å². The fourth-order valence-corrected chi connectivity index (χ4v) is 2.11. The maximum atomic E-state index is 11.9. The molecule has 0 saturated heterocycles. The topological polar surface area (TPSA) is 80.8 Å². The highest BCUT2D eigenvalue weighted by atomic mass is 127. The van der Waals surface area contributed by atoms with Gasteiger partial charge in [0.15, 0.2) is 5.82 Å². The van der Waals surface area contributed by atoms with Crippen molar-refractivity contribution < 1.29 is 4.74 Å². The van der Waals surface area contributed by atoms with Crippen molar-refractivity contribution in [1.82, 2.24) is 20.2 Å². The van der Waals surface area contributed by atoms with E-state index in [9.17, 15) is 4.79 Å². The van der Waals surface area contributed by atoms with Gasteiger partial charge in [0.05, 0.1) is 16.4 Å². The molecule has 0 radical (unpaired) electrons. The summed E-state index contributed by atoms with van der Waals surface area (Å²) in [5, 5.41) is 7.85. The molecule has 0 saturated carbocycles. The quantitative estimate of drug-likeness (QED) is 0.828. The lowest BCUT2D eigenvalue weighted by Gasteiger charge is -2.05. The molecule has 0 spiro atoms. The molecular formula is C12H13IN4O2. The molecule has 6 nitrogen and oxygen atoms in total. The maximum Gasteiger partial charge on any atom is 0.264 e. The Morgan fingerprint density at radius 3 is 2.74 bits per heavy atom. The molecular weight excluding hydrogens is 359 g/mol. The molecule has 0 amide bonds. The predicted octanol–water partition coefficient (Wildman–Crippen LogP) is 1.79. The van der Waals surface area contributed by atoms with E-state index in [-0.39, 0.29) is 5.56 Å². The van der Waals surface area contributed by atoms with Gasteiger partial charge >= 0.3 is 0 Å². The van der Waals surface area contributed by atoms with Crippen molar-refractivity contribution in [1.29, 1.82) is 0 Å². The Hall–Kier alpha value is -1.51. The Labute approximate surface area is 123 Å². The Morgan fingerprint density at radius 1 is 1.37 bits per heavy atom. The van der Waals surface area contributed by atoms with Crippen LogP contribution in [0.4, 0.5) is 0 Å². The number of nitrogens with zero attached hydrogens (tertiary/aromatic N) is 3. The van der Waals surface area contributed by atoms with Gasteiger partial charge in [-0.1, -0.05) is 13.3 Å². The van der Waals surface area contributed by atoms with E-state index in [1.807, 2.05) is 29.5 Å². The van der Waals surface area contributed by atoms with Gasteiger partial charge < -0.3 is 9.72 Å². The first-order valence-corrected chi connectivity index (χ1v) is 6.90. The first kappa shape index (κ1) is 13.9. The van der Waals surface area contributed by atoms with E-state index in [4.69, 9.17) is 4.74 Å². The van der Waals surface area contributed by atoms with Crippen molar-refractivity contribution in [2.45, 2.75) is 19.8 Å². The Balaban J connectivity index is 2.46. The van der Waals surface area contributed by atoms with Crippen LogP contribution >= 0.6 is 22.6 Å². The summed E-state index contributed by atoms with van der Waals surface area (Å²) in [6.07, 6.45) is 1.69. The minimum Gasteiger partial charge on any atom is -0.480 e. The van der Waals surface area contributed by atoms with Gasteiger partial charge in [-0.25, -0.2) is 4.98 Å². The van der Waals surface area contributed by atoms with E-state index in [0.717, 1.165) is 18.5 Å². The molecule has 2 rings (SSSR count). The molecule has 0 aromatic carbocycles. The monoisotopic (exact) mass is 372 g/mol. The molecule has 100 valence electrons. The molecule has 2 aromatic heterocycles. The molecule has 0 aliphatic heterocycles. The van der Waals surface area contributed by atoms with Crippen LogP contribution in [0.3, 0.4) is 0 Å². The van der Waals surface area contributed by atoms with E-state index in [0.29, 0.717) is 21.0 Å². The van der Waals surface area contributed by atoms with E-state index in [2.05, 4.69) is 20.2 Å². The van der Waals surface area contributed by atoms with Crippen molar-refractivity contribution in [3.8, 4) is 17.4 Å². The van der Waals surface area contributed by atoms with Gasteiger partial charge in [0, 0.05) is 6.07 Å². The van der Waals surface area contributed by atoms with Crippen LogP contribution < -0.4 is 10.3 Å². The molecule has 0 aliphatic rings. The number of nitrogens with one attached hydrogen (secondary N) is 1. The number of halogens is 1. The summed E-state index contributed by atoms with van der Waals surface area (Å²) in [4.78, 5) is 19.0. The SMILES string of the molecule is CCCc1nc(-c2ccc(OC)nn2)[nH]c(=O)c1I. The third-order valence-corrected chi connectivity index (χ3v) is 3.62. The van der Waals surface area contributed by atoms with Crippen molar-refractivity contribution in [2.75, 3.05) is 7.11 Å². The van der Waals surface area contributed by atoms with Crippen LogP contribution in [0.1, 0.15) is 19.0 Å². The first-order chi connectivity index (χ1) is 9.15. The zero-order valence-electron chi connectivity index (χ0n) is 10.6. The van der Waals surface area contributed by atoms with E-state index >= 15 is 0 Å². The summed E-state index contributed by atoms with van der Waals surface area (Å²) in [5.41, 5.74) is 1.16. The number of aromatic nitrogens is 4. The van der Waals surface area contributed by atoms with E-state index < -0.39 is 0 Å². The van der Waals surface area contributed by atoms with Gasteiger partial charge in [0.25, 0.3) is 5.56 Å². The van der Waals surface area contributed by atoms with Gasteiger partial charge in [-0.3, -0.25) is 4.79 Å². The smallest absolute Gasteiger partial charge is 0.264 e. The van der Waals surface area contributed by atoms with Crippen LogP contribution in [-0.2, 0) is 6.42 Å². The third kappa shape index (κ3) is 3.09. The van der Waals surface area contributed by atoms with Crippen molar-refractivity contribution in [3.63, 3.8) is 0 Å². The highest BCUT2D eigenvalue weighted by molar-refractivity contribution is 14.1. The Kier molecular flexibility index (Phi) is 4.46. The lowest BCUT2D eigenvalue weighted by Crippen LogP contribution is -2.16. The fraction of sp³-hybridized carbons (Fsp3) is 0.333. The van der Waals surface area contributed by atoms with E-state index in [1.54, 1.807) is 12.1 Å². The number of ether oxygens (including phenoxy) is 1. The lowest BCUT2D eigenvalue weighted by molar-refractivity contribution is 0.392. The summed E-state index contributed by atoms with van der Waals surface area (Å²) in [6.45, 7) is 2.05. The molecule has 0 bridgehead atoms. The highest BCUT2D eigenvalue weighted by Crippen LogP contribution is 2.15.